The van der Waals surface area contributed by atoms with Gasteiger partial charge in [-0.2, -0.15) is 11.8 Å². The van der Waals surface area contributed by atoms with Crippen molar-refractivity contribution in [3.8, 4) is 12.3 Å². The number of amides is 2. The van der Waals surface area contributed by atoms with E-state index in [0.717, 1.165) is 30.6 Å². The summed E-state index contributed by atoms with van der Waals surface area (Å²) in [5.41, 5.74) is 0. The Hall–Kier alpha value is -1.35. The van der Waals surface area contributed by atoms with Crippen LogP contribution < -0.4 is 5.32 Å². The second-order valence-corrected chi connectivity index (χ2v) is 5.75. The number of carbonyl (C=O) groups excluding carboxylic acids is 1. The molecule has 1 aliphatic rings. The molecule has 2 amide bonds. The van der Waals surface area contributed by atoms with Crippen LogP contribution in [0.1, 0.15) is 25.7 Å². The zero-order valence-electron chi connectivity index (χ0n) is 11.1. The van der Waals surface area contributed by atoms with E-state index in [4.69, 9.17) is 11.5 Å². The van der Waals surface area contributed by atoms with Crippen molar-refractivity contribution in [2.24, 2.45) is 0 Å². The Kier molecular flexibility index (Phi) is 6.57. The molecular weight excluding hydrogens is 264 g/mol. The molecule has 1 aliphatic carbocycles. The second-order valence-electron chi connectivity index (χ2n) is 4.61. The number of carboxylic acid groups (broad SMARTS) is 1. The molecule has 1 fully saturated rings. The van der Waals surface area contributed by atoms with Gasteiger partial charge < -0.3 is 15.3 Å². The second kappa shape index (κ2) is 7.95. The van der Waals surface area contributed by atoms with Crippen molar-refractivity contribution in [2.45, 2.75) is 37.0 Å². The Morgan fingerprint density at radius 2 is 2.05 bits per heavy atom. The molecule has 0 bridgehead atoms. The van der Waals surface area contributed by atoms with Crippen molar-refractivity contribution >= 4 is 23.8 Å². The molecule has 0 aromatic rings. The summed E-state index contributed by atoms with van der Waals surface area (Å²) in [7, 11) is 0. The summed E-state index contributed by atoms with van der Waals surface area (Å²) in [6.45, 7) is -0.353. The number of aliphatic carboxylic acids is 1. The van der Waals surface area contributed by atoms with E-state index in [1.54, 1.807) is 0 Å². The van der Waals surface area contributed by atoms with E-state index in [1.165, 1.54) is 0 Å². The molecule has 0 radical (unpaired) electrons. The Labute approximate surface area is 118 Å². The minimum Gasteiger partial charge on any atom is -0.480 e. The molecule has 0 aromatic heterocycles. The molecule has 2 N–H and O–H groups in total. The Morgan fingerprint density at radius 1 is 1.42 bits per heavy atom. The fourth-order valence-corrected chi connectivity index (χ4v) is 2.93. The first-order valence-corrected chi connectivity index (χ1v) is 7.59. The molecule has 0 aliphatic heterocycles. The number of nitrogens with one attached hydrogen (secondary N) is 1. The van der Waals surface area contributed by atoms with E-state index < -0.39 is 5.97 Å². The SMILES string of the molecule is C#CCN(CC(=O)O)C(=O)NC1CCC(SC)CC1. The van der Waals surface area contributed by atoms with Gasteiger partial charge in [0.2, 0.25) is 0 Å². The minimum atomic E-state index is -1.06. The van der Waals surface area contributed by atoms with E-state index in [2.05, 4.69) is 17.5 Å². The highest BCUT2D eigenvalue weighted by Crippen LogP contribution is 2.26. The summed E-state index contributed by atoms with van der Waals surface area (Å²) >= 11 is 1.86. The number of thioether (sulfide) groups is 1. The molecule has 5 nitrogen and oxygen atoms in total. The third-order valence-electron chi connectivity index (χ3n) is 3.23. The smallest absolute Gasteiger partial charge is 0.323 e. The lowest BCUT2D eigenvalue weighted by atomic mass is 9.95. The molecular formula is C13H20N2O3S. The summed E-state index contributed by atoms with van der Waals surface area (Å²) in [5, 5.41) is 12.3. The van der Waals surface area contributed by atoms with Crippen molar-refractivity contribution in [1.82, 2.24) is 10.2 Å². The summed E-state index contributed by atoms with van der Waals surface area (Å²) in [6.07, 6.45) is 11.3. The molecule has 0 saturated heterocycles. The van der Waals surface area contributed by atoms with Crippen molar-refractivity contribution in [3.63, 3.8) is 0 Å². The summed E-state index contributed by atoms with van der Waals surface area (Å²) in [6, 6.07) is -0.252. The largest absolute Gasteiger partial charge is 0.480 e. The van der Waals surface area contributed by atoms with E-state index in [9.17, 15) is 9.59 Å². The lowest BCUT2D eigenvalue weighted by molar-refractivity contribution is -0.137. The van der Waals surface area contributed by atoms with E-state index >= 15 is 0 Å². The summed E-state index contributed by atoms with van der Waals surface area (Å²) in [5.74, 6) is 1.25. The highest BCUT2D eigenvalue weighted by Gasteiger charge is 2.24. The lowest BCUT2D eigenvalue weighted by Crippen LogP contribution is -2.48. The normalized spacial score (nSPS) is 22.3. The van der Waals surface area contributed by atoms with Gasteiger partial charge in [-0.15, -0.1) is 6.42 Å². The van der Waals surface area contributed by atoms with Gasteiger partial charge in [0.15, 0.2) is 0 Å². The number of terminal acetylenes is 1. The number of hydrogen-bond acceptors (Lipinski definition) is 3. The van der Waals surface area contributed by atoms with Crippen LogP contribution in [0.3, 0.4) is 0 Å². The molecule has 1 saturated carbocycles. The van der Waals surface area contributed by atoms with Gasteiger partial charge in [0, 0.05) is 11.3 Å². The Balaban J connectivity index is 2.44. The zero-order chi connectivity index (χ0) is 14.3. The molecule has 0 aromatic carbocycles. The standard InChI is InChI=1S/C13H20N2O3S/c1-3-8-15(9-12(16)17)13(18)14-10-4-6-11(19-2)7-5-10/h1,10-11H,4-9H2,2H3,(H,14,18)(H,16,17). The van der Waals surface area contributed by atoms with Crippen LogP contribution in [0.25, 0.3) is 0 Å². The fourth-order valence-electron chi connectivity index (χ4n) is 2.18. The highest BCUT2D eigenvalue weighted by atomic mass is 32.2. The van der Waals surface area contributed by atoms with E-state index in [-0.39, 0.29) is 25.2 Å². The van der Waals surface area contributed by atoms with Crippen LogP contribution in [-0.2, 0) is 4.79 Å². The molecule has 0 spiro atoms. The molecule has 19 heavy (non-hydrogen) atoms. The third kappa shape index (κ3) is 5.43. The predicted molar refractivity (Wildman–Crippen MR) is 76.1 cm³/mol. The molecule has 6 heteroatoms. The number of nitrogens with zero attached hydrogens (tertiary/aromatic N) is 1. The first-order valence-electron chi connectivity index (χ1n) is 6.30. The van der Waals surface area contributed by atoms with Gasteiger partial charge in [-0.25, -0.2) is 4.79 Å². The quantitative estimate of drug-likeness (QED) is 0.749. The van der Waals surface area contributed by atoms with Crippen LogP contribution in [0.5, 0.6) is 0 Å². The van der Waals surface area contributed by atoms with Crippen LogP contribution in [-0.4, -0.2) is 52.6 Å². The van der Waals surface area contributed by atoms with Crippen molar-refractivity contribution in [3.05, 3.63) is 0 Å². The predicted octanol–water partition coefficient (Wildman–Crippen LogP) is 1.39. The first kappa shape index (κ1) is 15.7. The number of rotatable bonds is 5. The van der Waals surface area contributed by atoms with Gasteiger partial charge in [0.05, 0.1) is 6.54 Å². The summed E-state index contributed by atoms with van der Waals surface area (Å²) < 4.78 is 0. The van der Waals surface area contributed by atoms with E-state index in [0.29, 0.717) is 5.25 Å². The van der Waals surface area contributed by atoms with Crippen LogP contribution in [0.2, 0.25) is 0 Å². The van der Waals surface area contributed by atoms with Crippen molar-refractivity contribution in [1.29, 1.82) is 0 Å². The maximum Gasteiger partial charge on any atom is 0.323 e. The van der Waals surface area contributed by atoms with Gasteiger partial charge in [-0.1, -0.05) is 5.92 Å². The highest BCUT2D eigenvalue weighted by molar-refractivity contribution is 7.99. The van der Waals surface area contributed by atoms with Gasteiger partial charge in [0.25, 0.3) is 0 Å². The number of urea groups is 1. The van der Waals surface area contributed by atoms with E-state index in [1.807, 2.05) is 11.8 Å². The average molecular weight is 284 g/mol. The van der Waals surface area contributed by atoms with Gasteiger partial charge in [-0.3, -0.25) is 4.79 Å². The van der Waals surface area contributed by atoms with Crippen molar-refractivity contribution < 1.29 is 14.7 Å². The number of hydrogen-bond donors (Lipinski definition) is 2. The van der Waals surface area contributed by atoms with Crippen LogP contribution >= 0.6 is 11.8 Å². The number of carbonyl (C=O) groups is 2. The zero-order valence-corrected chi connectivity index (χ0v) is 11.9. The molecule has 0 atom stereocenters. The van der Waals surface area contributed by atoms with Crippen LogP contribution in [0.15, 0.2) is 0 Å². The maximum atomic E-state index is 11.9. The number of carboxylic acids is 1. The fraction of sp³-hybridized carbons (Fsp3) is 0.692. The maximum absolute atomic E-state index is 11.9. The van der Waals surface area contributed by atoms with Gasteiger partial charge in [0.1, 0.15) is 6.54 Å². The van der Waals surface area contributed by atoms with Gasteiger partial charge >= 0.3 is 12.0 Å². The monoisotopic (exact) mass is 284 g/mol. The topological polar surface area (TPSA) is 69.6 Å². The van der Waals surface area contributed by atoms with Crippen LogP contribution in [0.4, 0.5) is 4.79 Å². The summed E-state index contributed by atoms with van der Waals surface area (Å²) in [4.78, 5) is 23.8. The Bertz CT molecular complexity index is 359. The molecule has 0 heterocycles. The third-order valence-corrected chi connectivity index (χ3v) is 4.37. The molecule has 106 valence electrons. The first-order chi connectivity index (χ1) is 9.06. The van der Waals surface area contributed by atoms with Crippen LogP contribution in [0, 0.1) is 12.3 Å². The average Bonchev–Trinajstić information content (AvgIpc) is 2.38. The van der Waals surface area contributed by atoms with Gasteiger partial charge in [-0.05, 0) is 31.9 Å². The molecule has 1 rings (SSSR count). The lowest BCUT2D eigenvalue weighted by Gasteiger charge is -2.30. The Morgan fingerprint density at radius 3 is 2.53 bits per heavy atom. The minimum absolute atomic E-state index is 0.0122. The molecule has 0 unspecified atom stereocenters. The van der Waals surface area contributed by atoms with Crippen molar-refractivity contribution in [2.75, 3.05) is 19.3 Å².